The minimum atomic E-state index is -3.54. The lowest BCUT2D eigenvalue weighted by Crippen LogP contribution is -2.49. The number of aromatic hydroxyl groups is 1. The Morgan fingerprint density at radius 2 is 1.97 bits per heavy atom. The average Bonchev–Trinajstić information content (AvgIpc) is 2.69. The number of nitrogens with zero attached hydrogens (tertiary/aromatic N) is 1. The summed E-state index contributed by atoms with van der Waals surface area (Å²) in [6.07, 6.45) is 0.775. The first-order valence-electron chi connectivity index (χ1n) is 9.29. The molecule has 2 atom stereocenters. The zero-order valence-electron chi connectivity index (χ0n) is 16.4. The zero-order valence-corrected chi connectivity index (χ0v) is 17.2. The summed E-state index contributed by atoms with van der Waals surface area (Å²) < 4.78 is 31.1. The van der Waals surface area contributed by atoms with Crippen molar-refractivity contribution < 1.29 is 33.3 Å². The summed E-state index contributed by atoms with van der Waals surface area (Å²) in [6.45, 7) is -0.101. The van der Waals surface area contributed by atoms with E-state index in [9.17, 15) is 23.4 Å². The van der Waals surface area contributed by atoms with Gasteiger partial charge in [-0.3, -0.25) is 4.31 Å². The molecule has 162 valence electrons. The molecule has 30 heavy (non-hydrogen) atoms. The Hall–Kier alpha value is -2.82. The van der Waals surface area contributed by atoms with Gasteiger partial charge >= 0.3 is 5.97 Å². The number of aliphatic hydroxyl groups excluding tert-OH is 1. The Balaban J connectivity index is 1.75. The van der Waals surface area contributed by atoms with Crippen LogP contribution in [0.3, 0.4) is 0 Å². The van der Waals surface area contributed by atoms with E-state index in [0.29, 0.717) is 29.0 Å². The lowest BCUT2D eigenvalue weighted by atomic mass is 9.98. The van der Waals surface area contributed by atoms with Crippen molar-refractivity contribution in [2.75, 3.05) is 30.3 Å². The topological polar surface area (TPSA) is 136 Å². The lowest BCUT2D eigenvalue weighted by molar-refractivity contribution is -0.139. The van der Waals surface area contributed by atoms with Gasteiger partial charge < -0.3 is 25.4 Å². The van der Waals surface area contributed by atoms with E-state index in [-0.39, 0.29) is 24.9 Å². The summed E-state index contributed by atoms with van der Waals surface area (Å²) in [5.74, 6) is -0.657. The van der Waals surface area contributed by atoms with Crippen molar-refractivity contribution in [2.24, 2.45) is 0 Å². The molecule has 1 aliphatic rings. The van der Waals surface area contributed by atoms with Crippen molar-refractivity contribution in [1.29, 1.82) is 0 Å². The van der Waals surface area contributed by atoms with E-state index in [2.05, 4.69) is 5.32 Å². The number of fused-ring (bicyclic) bond motifs is 1. The van der Waals surface area contributed by atoms with Gasteiger partial charge in [-0.1, -0.05) is 12.1 Å². The van der Waals surface area contributed by atoms with Gasteiger partial charge in [-0.15, -0.1) is 0 Å². The molecule has 9 nitrogen and oxygen atoms in total. The number of nitrogens with one attached hydrogen (secondary N) is 1. The van der Waals surface area contributed by atoms with E-state index in [4.69, 9.17) is 9.84 Å². The standard InChI is InChI=1S/C20H24N2O7S/c1-30(27,28)22-11-15(21-10-19(24)13-2-4-16(23)5-3-13)8-14-9-17(6-7-18(14)22)29-12-20(25)26/h2-7,9,15,19,21,23-24H,8,10-12H2,1H3,(H,25,26)/t15?,19-/m0/s1. The van der Waals surface area contributed by atoms with Crippen LogP contribution in [-0.4, -0.2) is 61.7 Å². The molecule has 1 aliphatic heterocycles. The maximum Gasteiger partial charge on any atom is 0.341 e. The molecule has 0 aliphatic carbocycles. The van der Waals surface area contributed by atoms with Gasteiger partial charge in [0.15, 0.2) is 6.61 Å². The molecular weight excluding hydrogens is 412 g/mol. The average molecular weight is 436 g/mol. The van der Waals surface area contributed by atoms with Crippen LogP contribution in [0.1, 0.15) is 17.2 Å². The molecule has 0 spiro atoms. The maximum atomic E-state index is 12.3. The molecule has 0 aromatic heterocycles. The molecule has 0 amide bonds. The van der Waals surface area contributed by atoms with E-state index < -0.39 is 28.7 Å². The van der Waals surface area contributed by atoms with Crippen molar-refractivity contribution in [3.63, 3.8) is 0 Å². The normalized spacial score (nSPS) is 17.3. The molecule has 1 heterocycles. The van der Waals surface area contributed by atoms with Crippen LogP contribution in [0.25, 0.3) is 0 Å². The number of rotatable bonds is 8. The van der Waals surface area contributed by atoms with Gasteiger partial charge in [0.1, 0.15) is 11.5 Å². The van der Waals surface area contributed by atoms with Gasteiger partial charge in [-0.2, -0.15) is 0 Å². The fourth-order valence-electron chi connectivity index (χ4n) is 3.38. The smallest absolute Gasteiger partial charge is 0.341 e. The Bertz CT molecular complexity index is 1010. The molecule has 0 radical (unpaired) electrons. The molecule has 2 aromatic rings. The number of carboxylic acids is 1. The van der Waals surface area contributed by atoms with Gasteiger partial charge in [-0.25, -0.2) is 13.2 Å². The minimum absolute atomic E-state index is 0.104. The summed E-state index contributed by atoms with van der Waals surface area (Å²) in [4.78, 5) is 10.7. The number of hydrogen-bond donors (Lipinski definition) is 4. The molecule has 0 saturated carbocycles. The molecule has 3 rings (SSSR count). The van der Waals surface area contributed by atoms with Crippen molar-refractivity contribution in [3.8, 4) is 11.5 Å². The van der Waals surface area contributed by atoms with E-state index in [1.807, 2.05) is 0 Å². The summed E-state index contributed by atoms with van der Waals surface area (Å²) in [5.41, 5.74) is 1.85. The monoisotopic (exact) mass is 436 g/mol. The van der Waals surface area contributed by atoms with E-state index >= 15 is 0 Å². The van der Waals surface area contributed by atoms with Crippen LogP contribution in [0.4, 0.5) is 5.69 Å². The first kappa shape index (κ1) is 21.9. The zero-order chi connectivity index (χ0) is 21.9. The fourth-order valence-corrected chi connectivity index (χ4v) is 4.36. The molecular formula is C20H24N2O7S. The number of carboxylic acid groups (broad SMARTS) is 1. The van der Waals surface area contributed by atoms with Gasteiger partial charge in [0.05, 0.1) is 18.0 Å². The van der Waals surface area contributed by atoms with Crippen molar-refractivity contribution >= 4 is 21.7 Å². The van der Waals surface area contributed by atoms with Crippen molar-refractivity contribution in [3.05, 3.63) is 53.6 Å². The summed E-state index contributed by atoms with van der Waals surface area (Å²) in [7, 11) is -3.54. The number of aliphatic hydroxyl groups is 1. The summed E-state index contributed by atoms with van der Waals surface area (Å²) in [6, 6.07) is 10.7. The Morgan fingerprint density at radius 1 is 1.27 bits per heavy atom. The first-order valence-corrected chi connectivity index (χ1v) is 11.1. The highest BCUT2D eigenvalue weighted by atomic mass is 32.2. The summed E-state index contributed by atoms with van der Waals surface area (Å²) >= 11 is 0. The number of phenols is 1. The predicted octanol–water partition coefficient (Wildman–Crippen LogP) is 0.870. The molecule has 4 N–H and O–H groups in total. The van der Waals surface area contributed by atoms with Crippen LogP contribution >= 0.6 is 0 Å². The second-order valence-corrected chi connectivity index (χ2v) is 9.09. The number of carbonyl (C=O) groups is 1. The van der Waals surface area contributed by atoms with Crippen LogP contribution in [0.2, 0.25) is 0 Å². The number of hydrogen-bond acceptors (Lipinski definition) is 7. The molecule has 2 aromatic carbocycles. The van der Waals surface area contributed by atoms with E-state index in [0.717, 1.165) is 6.26 Å². The van der Waals surface area contributed by atoms with E-state index in [1.54, 1.807) is 30.3 Å². The van der Waals surface area contributed by atoms with Crippen LogP contribution in [0, 0.1) is 0 Å². The molecule has 1 unspecified atom stereocenters. The highest BCUT2D eigenvalue weighted by Crippen LogP contribution is 2.32. The first-order chi connectivity index (χ1) is 14.1. The van der Waals surface area contributed by atoms with Gasteiger partial charge in [0.25, 0.3) is 0 Å². The largest absolute Gasteiger partial charge is 0.508 e. The number of benzene rings is 2. The Labute approximate surface area is 174 Å². The molecule has 0 saturated heterocycles. The third kappa shape index (κ3) is 5.41. The lowest BCUT2D eigenvalue weighted by Gasteiger charge is -2.35. The highest BCUT2D eigenvalue weighted by Gasteiger charge is 2.30. The van der Waals surface area contributed by atoms with E-state index in [1.165, 1.54) is 16.4 Å². The Morgan fingerprint density at radius 3 is 2.60 bits per heavy atom. The number of aliphatic carboxylic acids is 1. The van der Waals surface area contributed by atoms with Gasteiger partial charge in [-0.05, 0) is 47.9 Å². The Kier molecular flexibility index (Phi) is 6.49. The molecule has 0 fully saturated rings. The number of sulfonamides is 1. The predicted molar refractivity (Wildman–Crippen MR) is 110 cm³/mol. The third-order valence-corrected chi connectivity index (χ3v) is 5.96. The second-order valence-electron chi connectivity index (χ2n) is 7.18. The van der Waals surface area contributed by atoms with Crippen LogP contribution < -0.4 is 14.4 Å². The van der Waals surface area contributed by atoms with Crippen LogP contribution in [0.15, 0.2) is 42.5 Å². The highest BCUT2D eigenvalue weighted by molar-refractivity contribution is 7.92. The number of phenolic OH excluding ortho intramolecular Hbond substituents is 1. The molecule has 0 bridgehead atoms. The van der Waals surface area contributed by atoms with Crippen LogP contribution in [0.5, 0.6) is 11.5 Å². The quantitative estimate of drug-likeness (QED) is 0.479. The second kappa shape index (κ2) is 8.90. The maximum absolute atomic E-state index is 12.3. The van der Waals surface area contributed by atoms with Gasteiger partial charge in [0.2, 0.25) is 10.0 Å². The number of anilines is 1. The van der Waals surface area contributed by atoms with Crippen molar-refractivity contribution in [2.45, 2.75) is 18.6 Å². The van der Waals surface area contributed by atoms with Gasteiger partial charge in [0, 0.05) is 19.1 Å². The summed E-state index contributed by atoms with van der Waals surface area (Å²) in [5, 5.41) is 31.7. The SMILES string of the molecule is CS(=O)(=O)N1CC(NC[C@H](O)c2ccc(O)cc2)Cc2cc(OCC(=O)O)ccc21. The van der Waals surface area contributed by atoms with Crippen molar-refractivity contribution in [1.82, 2.24) is 5.32 Å². The minimum Gasteiger partial charge on any atom is -0.508 e. The molecule has 10 heteroatoms. The van der Waals surface area contributed by atoms with Crippen LogP contribution in [-0.2, 0) is 21.2 Å². The third-order valence-electron chi connectivity index (χ3n) is 4.81. The number of ether oxygens (including phenoxy) is 1. The fraction of sp³-hybridized carbons (Fsp3) is 0.350.